The van der Waals surface area contributed by atoms with Crippen molar-refractivity contribution in [3.8, 4) is 33.4 Å². The van der Waals surface area contributed by atoms with Gasteiger partial charge < -0.3 is 9.32 Å². The van der Waals surface area contributed by atoms with Gasteiger partial charge in [0, 0.05) is 47.8 Å². The second kappa shape index (κ2) is 12.9. The van der Waals surface area contributed by atoms with Crippen LogP contribution in [-0.4, -0.2) is 0 Å². The number of anilines is 3. The molecular formula is C52H33NOS. The van der Waals surface area contributed by atoms with E-state index in [1.807, 2.05) is 11.3 Å². The fourth-order valence-electron chi connectivity index (χ4n) is 8.21. The maximum atomic E-state index is 7.02. The Morgan fingerprint density at radius 1 is 0.345 bits per heavy atom. The lowest BCUT2D eigenvalue weighted by Crippen LogP contribution is -2.11. The van der Waals surface area contributed by atoms with Crippen molar-refractivity contribution in [2.24, 2.45) is 0 Å². The van der Waals surface area contributed by atoms with Gasteiger partial charge >= 0.3 is 0 Å². The minimum atomic E-state index is 0.855. The van der Waals surface area contributed by atoms with E-state index in [1.54, 1.807) is 0 Å². The van der Waals surface area contributed by atoms with Crippen LogP contribution in [-0.2, 0) is 0 Å². The molecule has 0 N–H and O–H groups in total. The summed E-state index contributed by atoms with van der Waals surface area (Å²) >= 11 is 1.85. The molecule has 0 saturated heterocycles. The Kier molecular flexibility index (Phi) is 7.39. The summed E-state index contributed by atoms with van der Waals surface area (Å²) in [5.41, 5.74) is 11.8. The zero-order valence-electron chi connectivity index (χ0n) is 29.8. The molecule has 2 aromatic heterocycles. The third-order valence-electron chi connectivity index (χ3n) is 10.9. The van der Waals surface area contributed by atoms with Gasteiger partial charge in [-0.15, -0.1) is 11.3 Å². The molecule has 0 radical (unpaired) electrons. The summed E-state index contributed by atoms with van der Waals surface area (Å²) in [6.45, 7) is 0. The lowest BCUT2D eigenvalue weighted by atomic mass is 9.98. The van der Waals surface area contributed by atoms with Crippen molar-refractivity contribution in [3.63, 3.8) is 0 Å². The molecule has 11 rings (SSSR count). The van der Waals surface area contributed by atoms with Gasteiger partial charge in [-0.05, 0) is 81.6 Å². The fraction of sp³-hybridized carbons (Fsp3) is 0. The van der Waals surface area contributed by atoms with E-state index in [0.717, 1.165) is 61.3 Å². The fourth-order valence-corrected chi connectivity index (χ4v) is 9.30. The molecule has 0 fully saturated rings. The van der Waals surface area contributed by atoms with Gasteiger partial charge in [0.2, 0.25) is 0 Å². The van der Waals surface area contributed by atoms with Crippen LogP contribution < -0.4 is 4.90 Å². The van der Waals surface area contributed by atoms with Crippen molar-refractivity contribution in [3.05, 3.63) is 200 Å². The first-order valence-electron chi connectivity index (χ1n) is 18.7. The maximum absolute atomic E-state index is 7.02. The maximum Gasteiger partial charge on any atom is 0.159 e. The van der Waals surface area contributed by atoms with Gasteiger partial charge in [-0.2, -0.15) is 0 Å². The van der Waals surface area contributed by atoms with Gasteiger partial charge in [0.15, 0.2) is 5.58 Å². The SMILES string of the molecule is c1ccc(-c2cccc3c2oc2c(N(c4ccc(-c5ccc6sc7ccccc7c6c5)cc4)c4ccccc4-c4ccc5ccccc5c4)cccc23)cc1. The van der Waals surface area contributed by atoms with Crippen LogP contribution in [0.25, 0.3) is 86.3 Å². The Labute approximate surface area is 322 Å². The Bertz CT molecular complexity index is 3210. The van der Waals surface area contributed by atoms with Crippen molar-refractivity contribution < 1.29 is 4.42 Å². The van der Waals surface area contributed by atoms with Crippen molar-refractivity contribution in [1.29, 1.82) is 0 Å². The monoisotopic (exact) mass is 719 g/mol. The van der Waals surface area contributed by atoms with Crippen LogP contribution in [0.2, 0.25) is 0 Å². The number of hydrogen-bond donors (Lipinski definition) is 0. The van der Waals surface area contributed by atoms with Gasteiger partial charge in [0.1, 0.15) is 5.58 Å². The van der Waals surface area contributed by atoms with E-state index >= 15 is 0 Å². The Morgan fingerprint density at radius 2 is 0.982 bits per heavy atom. The molecule has 0 spiro atoms. The molecule has 2 nitrogen and oxygen atoms in total. The van der Waals surface area contributed by atoms with E-state index < -0.39 is 0 Å². The molecule has 0 unspecified atom stereocenters. The second-order valence-electron chi connectivity index (χ2n) is 14.1. The van der Waals surface area contributed by atoms with E-state index in [2.05, 4.69) is 205 Å². The van der Waals surface area contributed by atoms with Gasteiger partial charge in [0.25, 0.3) is 0 Å². The summed E-state index contributed by atoms with van der Waals surface area (Å²) < 4.78 is 9.65. The molecule has 0 aliphatic heterocycles. The summed E-state index contributed by atoms with van der Waals surface area (Å²) in [7, 11) is 0. The number of benzene rings is 9. The number of fused-ring (bicyclic) bond motifs is 7. The average Bonchev–Trinajstić information content (AvgIpc) is 3.83. The molecule has 0 atom stereocenters. The molecule has 55 heavy (non-hydrogen) atoms. The summed E-state index contributed by atoms with van der Waals surface area (Å²) in [6.07, 6.45) is 0. The molecule has 0 bridgehead atoms. The van der Waals surface area contributed by atoms with Crippen LogP contribution >= 0.6 is 11.3 Å². The third-order valence-corrected chi connectivity index (χ3v) is 12.0. The molecule has 11 aromatic rings. The van der Waals surface area contributed by atoms with Crippen molar-refractivity contribution >= 4 is 81.3 Å². The second-order valence-corrected chi connectivity index (χ2v) is 15.2. The predicted octanol–water partition coefficient (Wildman–Crippen LogP) is 15.6. The van der Waals surface area contributed by atoms with Crippen LogP contribution in [0, 0.1) is 0 Å². The van der Waals surface area contributed by atoms with Crippen molar-refractivity contribution in [2.45, 2.75) is 0 Å². The summed E-state index contributed by atoms with van der Waals surface area (Å²) in [5, 5.41) is 7.25. The lowest BCUT2D eigenvalue weighted by molar-refractivity contribution is 0.670. The molecule has 2 heterocycles. The van der Waals surface area contributed by atoms with Crippen LogP contribution in [0.15, 0.2) is 205 Å². The molecule has 0 aliphatic carbocycles. The van der Waals surface area contributed by atoms with E-state index in [-0.39, 0.29) is 0 Å². The Hall–Kier alpha value is -6.94. The van der Waals surface area contributed by atoms with Gasteiger partial charge in [0.05, 0.1) is 11.4 Å². The van der Waals surface area contributed by atoms with Crippen molar-refractivity contribution in [2.75, 3.05) is 4.90 Å². The highest BCUT2D eigenvalue weighted by molar-refractivity contribution is 7.25. The Balaban J connectivity index is 1.11. The van der Waals surface area contributed by atoms with E-state index in [1.165, 1.54) is 42.1 Å². The first kappa shape index (κ1) is 31.6. The molecule has 9 aromatic carbocycles. The topological polar surface area (TPSA) is 16.4 Å². The third kappa shape index (κ3) is 5.32. The lowest BCUT2D eigenvalue weighted by Gasteiger charge is -2.28. The van der Waals surface area contributed by atoms with Crippen molar-refractivity contribution in [1.82, 2.24) is 0 Å². The number of para-hydroxylation sites is 3. The van der Waals surface area contributed by atoms with Gasteiger partial charge in [-0.1, -0.05) is 152 Å². The standard InChI is InChI=1S/C52H33NOS/c1-2-13-36(14-3-1)42-18-10-19-44-45-20-11-22-48(52(45)54-51(42)44)53(47-21-8-6-16-41(47)39-25-24-34-12-4-5-15-37(34)32-39)40-29-26-35(27-30-40)38-28-31-50-46(33-38)43-17-7-9-23-49(43)55-50/h1-33H. The molecular weight excluding hydrogens is 687 g/mol. The van der Waals surface area contributed by atoms with Crippen LogP contribution in [0.4, 0.5) is 17.1 Å². The first-order valence-corrected chi connectivity index (χ1v) is 19.5. The normalized spacial score (nSPS) is 11.6. The first-order chi connectivity index (χ1) is 27.3. The highest BCUT2D eigenvalue weighted by Crippen LogP contribution is 2.47. The van der Waals surface area contributed by atoms with Gasteiger partial charge in [-0.25, -0.2) is 0 Å². The molecule has 258 valence electrons. The zero-order chi connectivity index (χ0) is 36.3. The van der Waals surface area contributed by atoms with Gasteiger partial charge in [-0.3, -0.25) is 0 Å². The number of nitrogens with zero attached hydrogens (tertiary/aromatic N) is 1. The molecule has 0 aliphatic rings. The highest BCUT2D eigenvalue weighted by Gasteiger charge is 2.23. The number of furan rings is 1. The average molecular weight is 720 g/mol. The number of thiophene rings is 1. The summed E-state index contributed by atoms with van der Waals surface area (Å²) in [4.78, 5) is 2.37. The minimum absolute atomic E-state index is 0.855. The zero-order valence-corrected chi connectivity index (χ0v) is 30.6. The number of hydrogen-bond acceptors (Lipinski definition) is 3. The molecule has 0 amide bonds. The van der Waals surface area contributed by atoms with E-state index in [0.29, 0.717) is 0 Å². The van der Waals surface area contributed by atoms with E-state index in [9.17, 15) is 0 Å². The van der Waals surface area contributed by atoms with E-state index in [4.69, 9.17) is 4.42 Å². The van der Waals surface area contributed by atoms with Crippen LogP contribution in [0.5, 0.6) is 0 Å². The summed E-state index contributed by atoms with van der Waals surface area (Å²) in [5.74, 6) is 0. The van der Waals surface area contributed by atoms with Crippen LogP contribution in [0.3, 0.4) is 0 Å². The predicted molar refractivity (Wildman–Crippen MR) is 235 cm³/mol. The minimum Gasteiger partial charge on any atom is -0.453 e. The molecule has 0 saturated carbocycles. The smallest absolute Gasteiger partial charge is 0.159 e. The number of rotatable bonds is 6. The Morgan fingerprint density at radius 3 is 1.87 bits per heavy atom. The highest BCUT2D eigenvalue weighted by atomic mass is 32.1. The quantitative estimate of drug-likeness (QED) is 0.170. The van der Waals surface area contributed by atoms with Crippen LogP contribution in [0.1, 0.15) is 0 Å². The molecule has 3 heteroatoms. The largest absolute Gasteiger partial charge is 0.453 e. The summed E-state index contributed by atoms with van der Waals surface area (Å²) in [6, 6.07) is 72.1.